The van der Waals surface area contributed by atoms with Crippen LogP contribution < -0.4 is 0 Å². The third kappa shape index (κ3) is 3.01. The smallest absolute Gasteiger partial charge is 0.273 e. The molecule has 0 aromatic carbocycles. The summed E-state index contributed by atoms with van der Waals surface area (Å²) in [4.78, 5) is 30.6. The number of Topliss-reactive ketones (excluding diaryl/α,β-unsaturated/α-hetero) is 1. The number of nitrogens with zero attached hydrogens (tertiary/aromatic N) is 2. The van der Waals surface area contributed by atoms with Gasteiger partial charge in [-0.1, -0.05) is 38.4 Å². The van der Waals surface area contributed by atoms with Crippen molar-refractivity contribution in [2.24, 2.45) is 5.41 Å². The van der Waals surface area contributed by atoms with Gasteiger partial charge in [0, 0.05) is 12.0 Å². The van der Waals surface area contributed by atoms with E-state index in [1.807, 2.05) is 20.8 Å². The van der Waals surface area contributed by atoms with Crippen molar-refractivity contribution >= 4 is 23.3 Å². The average molecular weight is 295 g/mol. The van der Waals surface area contributed by atoms with E-state index in [0.717, 1.165) is 12.8 Å². The summed E-state index contributed by atoms with van der Waals surface area (Å²) in [7, 11) is 0. The lowest BCUT2D eigenvalue weighted by molar-refractivity contribution is -0.130. The Hall–Kier alpha value is -1.42. The summed E-state index contributed by atoms with van der Waals surface area (Å²) in [5.74, 6) is -0.113. The standard InChI is InChI=1S/C15H19ClN2O2/c1-15(2,3)13(19)11-7-5-9-18(11)14(20)10-6-4-8-12(16)17-10/h4,6,8,11H,5,7,9H2,1-3H3/t11-/m0/s1. The topological polar surface area (TPSA) is 50.3 Å². The van der Waals surface area contributed by atoms with Gasteiger partial charge < -0.3 is 4.90 Å². The van der Waals surface area contributed by atoms with Crippen LogP contribution in [-0.2, 0) is 4.79 Å². The van der Waals surface area contributed by atoms with Gasteiger partial charge in [0.25, 0.3) is 5.91 Å². The number of hydrogen-bond donors (Lipinski definition) is 0. The second kappa shape index (κ2) is 5.52. The number of aromatic nitrogens is 1. The summed E-state index contributed by atoms with van der Waals surface area (Å²) in [5, 5.41) is 0.286. The molecule has 0 unspecified atom stereocenters. The molecule has 4 nitrogen and oxygen atoms in total. The van der Waals surface area contributed by atoms with Crippen LogP contribution in [0.1, 0.15) is 44.1 Å². The van der Waals surface area contributed by atoms with Gasteiger partial charge in [-0.25, -0.2) is 4.98 Å². The Kier molecular flexibility index (Phi) is 4.14. The van der Waals surface area contributed by atoms with Gasteiger partial charge in [0.05, 0.1) is 6.04 Å². The Morgan fingerprint density at radius 3 is 2.65 bits per heavy atom. The summed E-state index contributed by atoms with van der Waals surface area (Å²) in [6, 6.07) is 4.60. The fraction of sp³-hybridized carbons (Fsp3) is 0.533. The van der Waals surface area contributed by atoms with Gasteiger partial charge in [-0.05, 0) is 25.0 Å². The van der Waals surface area contributed by atoms with Crippen molar-refractivity contribution in [1.29, 1.82) is 0 Å². The molecule has 20 heavy (non-hydrogen) atoms. The molecule has 0 bridgehead atoms. The summed E-state index contributed by atoms with van der Waals surface area (Å²) < 4.78 is 0. The highest BCUT2D eigenvalue weighted by atomic mass is 35.5. The Bertz CT molecular complexity index is 537. The van der Waals surface area contributed by atoms with E-state index >= 15 is 0 Å². The van der Waals surface area contributed by atoms with Crippen LogP contribution in [0.25, 0.3) is 0 Å². The monoisotopic (exact) mass is 294 g/mol. The second-order valence-electron chi connectivity index (χ2n) is 6.12. The number of likely N-dealkylation sites (tertiary alicyclic amines) is 1. The van der Waals surface area contributed by atoms with Crippen molar-refractivity contribution in [2.75, 3.05) is 6.54 Å². The van der Waals surface area contributed by atoms with E-state index in [-0.39, 0.29) is 22.9 Å². The Labute approximate surface area is 124 Å². The zero-order valence-corrected chi connectivity index (χ0v) is 12.8. The SMILES string of the molecule is CC(C)(C)C(=O)[C@@H]1CCCN1C(=O)c1cccc(Cl)n1. The molecule has 5 heteroatoms. The molecule has 0 spiro atoms. The van der Waals surface area contributed by atoms with E-state index in [4.69, 9.17) is 11.6 Å². The molecule has 1 aliphatic rings. The molecule has 0 radical (unpaired) electrons. The summed E-state index contributed by atoms with van der Waals surface area (Å²) in [5.41, 5.74) is -0.152. The first-order valence-electron chi connectivity index (χ1n) is 6.78. The van der Waals surface area contributed by atoms with E-state index < -0.39 is 5.41 Å². The number of hydrogen-bond acceptors (Lipinski definition) is 3. The average Bonchev–Trinajstić information content (AvgIpc) is 2.84. The molecule has 2 rings (SSSR count). The maximum absolute atomic E-state index is 12.5. The molecule has 0 saturated carbocycles. The minimum Gasteiger partial charge on any atom is -0.327 e. The molecule has 1 aromatic heterocycles. The van der Waals surface area contributed by atoms with E-state index in [1.165, 1.54) is 0 Å². The van der Waals surface area contributed by atoms with Gasteiger partial charge in [0.15, 0.2) is 5.78 Å². The lowest BCUT2D eigenvalue weighted by Gasteiger charge is -2.28. The summed E-state index contributed by atoms with van der Waals surface area (Å²) >= 11 is 5.82. The first kappa shape index (κ1) is 15.0. The first-order valence-corrected chi connectivity index (χ1v) is 7.16. The third-order valence-electron chi connectivity index (χ3n) is 3.49. The fourth-order valence-electron chi connectivity index (χ4n) is 2.46. The Morgan fingerprint density at radius 1 is 1.35 bits per heavy atom. The van der Waals surface area contributed by atoms with Crippen LogP contribution >= 0.6 is 11.6 Å². The van der Waals surface area contributed by atoms with Crippen molar-refractivity contribution in [1.82, 2.24) is 9.88 Å². The van der Waals surface area contributed by atoms with Crippen LogP contribution in [-0.4, -0.2) is 34.2 Å². The predicted octanol–water partition coefficient (Wildman–Crippen LogP) is 2.95. The van der Waals surface area contributed by atoms with Gasteiger partial charge in [-0.2, -0.15) is 0 Å². The van der Waals surface area contributed by atoms with Crippen LogP contribution in [0.15, 0.2) is 18.2 Å². The third-order valence-corrected chi connectivity index (χ3v) is 3.70. The molecule has 1 saturated heterocycles. The highest BCUT2D eigenvalue weighted by molar-refractivity contribution is 6.29. The van der Waals surface area contributed by atoms with Crippen molar-refractivity contribution in [3.05, 3.63) is 29.0 Å². The lowest BCUT2D eigenvalue weighted by Crippen LogP contribution is -2.45. The molecule has 1 fully saturated rings. The molecular formula is C15H19ClN2O2. The molecule has 1 aliphatic heterocycles. The minimum absolute atomic E-state index is 0.102. The summed E-state index contributed by atoms with van der Waals surface area (Å²) in [6.07, 6.45) is 1.57. The minimum atomic E-state index is -0.449. The maximum Gasteiger partial charge on any atom is 0.273 e. The fourth-order valence-corrected chi connectivity index (χ4v) is 2.62. The number of amides is 1. The van der Waals surface area contributed by atoms with Gasteiger partial charge >= 0.3 is 0 Å². The van der Waals surface area contributed by atoms with Crippen LogP contribution in [0.2, 0.25) is 5.15 Å². The van der Waals surface area contributed by atoms with Crippen LogP contribution in [0.4, 0.5) is 0 Å². The number of ketones is 1. The van der Waals surface area contributed by atoms with Crippen molar-refractivity contribution in [3.8, 4) is 0 Å². The number of carbonyl (C=O) groups is 2. The molecule has 0 N–H and O–H groups in total. The zero-order chi connectivity index (χ0) is 14.9. The van der Waals surface area contributed by atoms with E-state index in [9.17, 15) is 9.59 Å². The second-order valence-corrected chi connectivity index (χ2v) is 6.50. The lowest BCUT2D eigenvalue weighted by atomic mass is 9.85. The van der Waals surface area contributed by atoms with Crippen LogP contribution in [0, 0.1) is 5.41 Å². The summed E-state index contributed by atoms with van der Waals surface area (Å²) in [6.45, 7) is 6.25. The zero-order valence-electron chi connectivity index (χ0n) is 12.0. The van der Waals surface area contributed by atoms with Crippen molar-refractivity contribution in [2.45, 2.75) is 39.7 Å². The van der Waals surface area contributed by atoms with Gasteiger partial charge in [-0.15, -0.1) is 0 Å². The van der Waals surface area contributed by atoms with Crippen LogP contribution in [0.3, 0.4) is 0 Å². The molecule has 0 aliphatic carbocycles. The highest BCUT2D eigenvalue weighted by Crippen LogP contribution is 2.27. The number of halogens is 1. The molecular weight excluding hydrogens is 276 g/mol. The Balaban J connectivity index is 2.23. The highest BCUT2D eigenvalue weighted by Gasteiger charge is 2.39. The quantitative estimate of drug-likeness (QED) is 0.788. The van der Waals surface area contributed by atoms with Crippen LogP contribution in [0.5, 0.6) is 0 Å². The van der Waals surface area contributed by atoms with Crippen molar-refractivity contribution in [3.63, 3.8) is 0 Å². The predicted molar refractivity (Wildman–Crippen MR) is 77.8 cm³/mol. The normalized spacial score (nSPS) is 19.2. The van der Waals surface area contributed by atoms with Gasteiger partial charge in [0.2, 0.25) is 0 Å². The first-order chi connectivity index (χ1) is 9.30. The molecule has 1 aromatic rings. The van der Waals surface area contributed by atoms with E-state index in [1.54, 1.807) is 23.1 Å². The molecule has 108 valence electrons. The van der Waals surface area contributed by atoms with E-state index in [0.29, 0.717) is 12.2 Å². The Morgan fingerprint density at radius 2 is 2.05 bits per heavy atom. The van der Waals surface area contributed by atoms with E-state index in [2.05, 4.69) is 4.98 Å². The van der Waals surface area contributed by atoms with Crippen molar-refractivity contribution < 1.29 is 9.59 Å². The molecule has 1 atom stereocenters. The van der Waals surface area contributed by atoms with Gasteiger partial charge in [0.1, 0.15) is 10.8 Å². The molecule has 2 heterocycles. The largest absolute Gasteiger partial charge is 0.327 e. The number of carbonyl (C=O) groups excluding carboxylic acids is 2. The number of pyridine rings is 1. The molecule has 1 amide bonds. The maximum atomic E-state index is 12.5. The van der Waals surface area contributed by atoms with Gasteiger partial charge in [-0.3, -0.25) is 9.59 Å². The number of rotatable bonds is 2.